The van der Waals surface area contributed by atoms with Crippen LogP contribution in [-0.2, 0) is 0 Å². The van der Waals surface area contributed by atoms with Crippen LogP contribution in [0.3, 0.4) is 0 Å². The van der Waals surface area contributed by atoms with Crippen molar-refractivity contribution in [3.63, 3.8) is 0 Å². The van der Waals surface area contributed by atoms with E-state index in [4.69, 9.17) is 5.73 Å². The van der Waals surface area contributed by atoms with Crippen molar-refractivity contribution in [3.05, 3.63) is 66.7 Å². The predicted molar refractivity (Wildman–Crippen MR) is 99.9 cm³/mol. The number of rotatable bonds is 3. The molecule has 0 aliphatic heterocycles. The first-order valence-corrected chi connectivity index (χ1v) is 7.72. The van der Waals surface area contributed by atoms with Crippen LogP contribution < -0.4 is 16.0 Å². The minimum atomic E-state index is -0.651. The molecule has 0 radical (unpaired) electrons. The second-order valence-electron chi connectivity index (χ2n) is 5.56. The molecule has 0 unspecified atom stereocenters. The average molecular weight is 351 g/mol. The van der Waals surface area contributed by atoms with Crippen molar-refractivity contribution in [1.29, 1.82) is 0 Å². The summed E-state index contributed by atoms with van der Waals surface area (Å²) >= 11 is 0. The van der Waals surface area contributed by atoms with Crippen molar-refractivity contribution in [1.82, 2.24) is 0 Å². The fraction of sp³-hybridized carbons (Fsp3) is 0. The standard InChI is InChI=1S/C19H17N3O4/c20-12-6-8-15(9-7-12)22(14-4-2-1-3-5-14)19(26)21-13-10-16(23)18(25)17(24)11-13/h1-11,23-25H,20H2,(H,21,26). The molecule has 26 heavy (non-hydrogen) atoms. The number of hydrogen-bond acceptors (Lipinski definition) is 5. The molecular formula is C19H17N3O4. The average Bonchev–Trinajstić information content (AvgIpc) is 2.62. The number of urea groups is 1. The normalized spacial score (nSPS) is 10.3. The van der Waals surface area contributed by atoms with Crippen molar-refractivity contribution in [2.75, 3.05) is 16.0 Å². The summed E-state index contributed by atoms with van der Waals surface area (Å²) in [5.41, 5.74) is 7.60. The van der Waals surface area contributed by atoms with Crippen LogP contribution in [0.5, 0.6) is 17.2 Å². The number of nitrogens with zero attached hydrogens (tertiary/aromatic N) is 1. The van der Waals surface area contributed by atoms with E-state index in [1.54, 1.807) is 48.5 Å². The molecule has 3 aromatic carbocycles. The van der Waals surface area contributed by atoms with E-state index >= 15 is 0 Å². The van der Waals surface area contributed by atoms with Gasteiger partial charge < -0.3 is 26.4 Å². The molecule has 0 aliphatic rings. The summed E-state index contributed by atoms with van der Waals surface area (Å²) in [5, 5.41) is 31.2. The summed E-state index contributed by atoms with van der Waals surface area (Å²) in [7, 11) is 0. The second kappa shape index (κ2) is 6.94. The summed E-state index contributed by atoms with van der Waals surface area (Å²) in [6.07, 6.45) is 0. The number of nitrogens with two attached hydrogens (primary N) is 1. The van der Waals surface area contributed by atoms with Gasteiger partial charge in [-0.05, 0) is 36.4 Å². The fourth-order valence-electron chi connectivity index (χ4n) is 2.44. The Morgan fingerprint density at radius 2 is 1.38 bits per heavy atom. The first kappa shape index (κ1) is 17.0. The van der Waals surface area contributed by atoms with Gasteiger partial charge in [0.1, 0.15) is 0 Å². The zero-order chi connectivity index (χ0) is 18.7. The van der Waals surface area contributed by atoms with Crippen molar-refractivity contribution >= 4 is 28.8 Å². The number of phenolic OH excluding ortho intramolecular Hbond substituents is 3. The molecule has 7 heteroatoms. The van der Waals surface area contributed by atoms with E-state index < -0.39 is 23.3 Å². The van der Waals surface area contributed by atoms with E-state index in [0.29, 0.717) is 17.1 Å². The minimum Gasteiger partial charge on any atom is -0.504 e. The molecular weight excluding hydrogens is 334 g/mol. The zero-order valence-corrected chi connectivity index (χ0v) is 13.6. The number of amides is 2. The third kappa shape index (κ3) is 3.46. The number of phenols is 3. The lowest BCUT2D eigenvalue weighted by atomic mass is 10.2. The molecule has 0 atom stereocenters. The highest BCUT2D eigenvalue weighted by Gasteiger charge is 2.19. The number of carbonyl (C=O) groups excluding carboxylic acids is 1. The van der Waals surface area contributed by atoms with Gasteiger partial charge in [0.15, 0.2) is 17.2 Å². The summed E-state index contributed by atoms with van der Waals surface area (Å²) in [4.78, 5) is 14.3. The smallest absolute Gasteiger partial charge is 0.330 e. The number of carbonyl (C=O) groups is 1. The number of aromatic hydroxyl groups is 3. The molecule has 0 bridgehead atoms. The Balaban J connectivity index is 1.96. The number of nitrogen functional groups attached to an aromatic ring is 1. The molecule has 0 saturated carbocycles. The molecule has 3 rings (SSSR count). The highest BCUT2D eigenvalue weighted by Crippen LogP contribution is 2.37. The van der Waals surface area contributed by atoms with Gasteiger partial charge in [-0.2, -0.15) is 0 Å². The number of nitrogens with one attached hydrogen (secondary N) is 1. The van der Waals surface area contributed by atoms with Gasteiger partial charge in [-0.25, -0.2) is 4.79 Å². The van der Waals surface area contributed by atoms with Crippen LogP contribution in [0, 0.1) is 0 Å². The van der Waals surface area contributed by atoms with Crippen molar-refractivity contribution in [2.45, 2.75) is 0 Å². The van der Waals surface area contributed by atoms with E-state index in [-0.39, 0.29) is 5.69 Å². The maximum absolute atomic E-state index is 12.9. The van der Waals surface area contributed by atoms with Gasteiger partial charge in [-0.1, -0.05) is 18.2 Å². The quantitative estimate of drug-likeness (QED) is 0.280. The molecule has 6 N–H and O–H groups in total. The third-order valence-electron chi connectivity index (χ3n) is 3.69. The lowest BCUT2D eigenvalue weighted by Crippen LogP contribution is -2.30. The van der Waals surface area contributed by atoms with Crippen LogP contribution in [0.2, 0.25) is 0 Å². The first-order chi connectivity index (χ1) is 12.5. The molecule has 0 fully saturated rings. The molecule has 2 amide bonds. The number of para-hydroxylation sites is 1. The van der Waals surface area contributed by atoms with Crippen LogP contribution in [0.4, 0.5) is 27.5 Å². The molecule has 7 nitrogen and oxygen atoms in total. The van der Waals surface area contributed by atoms with Gasteiger partial charge in [-0.3, -0.25) is 4.90 Å². The van der Waals surface area contributed by atoms with Gasteiger partial charge in [0, 0.05) is 17.8 Å². The molecule has 0 aromatic heterocycles. The Morgan fingerprint density at radius 3 is 1.96 bits per heavy atom. The van der Waals surface area contributed by atoms with Crippen LogP contribution in [0.1, 0.15) is 0 Å². The monoisotopic (exact) mass is 351 g/mol. The van der Waals surface area contributed by atoms with Crippen LogP contribution in [0.25, 0.3) is 0 Å². The maximum Gasteiger partial charge on any atom is 0.330 e. The van der Waals surface area contributed by atoms with E-state index in [0.717, 1.165) is 12.1 Å². The van der Waals surface area contributed by atoms with Crippen LogP contribution in [-0.4, -0.2) is 21.4 Å². The van der Waals surface area contributed by atoms with Crippen molar-refractivity contribution in [3.8, 4) is 17.2 Å². The topological polar surface area (TPSA) is 119 Å². The minimum absolute atomic E-state index is 0.124. The number of anilines is 4. The van der Waals surface area contributed by atoms with E-state index in [2.05, 4.69) is 5.32 Å². The number of hydrogen-bond donors (Lipinski definition) is 5. The summed E-state index contributed by atoms with van der Waals surface area (Å²) in [5.74, 6) is -1.74. The lowest BCUT2D eigenvalue weighted by molar-refractivity contribution is 0.259. The van der Waals surface area contributed by atoms with Gasteiger partial charge in [0.25, 0.3) is 0 Å². The Morgan fingerprint density at radius 1 is 0.846 bits per heavy atom. The Bertz CT molecular complexity index is 904. The molecule has 0 saturated heterocycles. The predicted octanol–water partition coefficient (Wildman–Crippen LogP) is 3.76. The van der Waals surface area contributed by atoms with Gasteiger partial charge in [-0.15, -0.1) is 0 Å². The van der Waals surface area contributed by atoms with Crippen molar-refractivity contribution < 1.29 is 20.1 Å². The molecule has 0 aliphatic carbocycles. The van der Waals surface area contributed by atoms with Gasteiger partial charge >= 0.3 is 6.03 Å². The summed E-state index contributed by atoms with van der Waals surface area (Å²) in [6, 6.07) is 17.5. The largest absolute Gasteiger partial charge is 0.504 e. The molecule has 0 heterocycles. The fourth-order valence-corrected chi connectivity index (χ4v) is 2.44. The molecule has 0 spiro atoms. The Labute approximate surface area is 149 Å². The van der Waals surface area contributed by atoms with Crippen LogP contribution in [0.15, 0.2) is 66.7 Å². The van der Waals surface area contributed by atoms with E-state index in [1.165, 1.54) is 4.90 Å². The summed E-state index contributed by atoms with van der Waals surface area (Å²) in [6.45, 7) is 0. The number of benzene rings is 3. The second-order valence-corrected chi connectivity index (χ2v) is 5.56. The van der Waals surface area contributed by atoms with E-state index in [1.807, 2.05) is 6.07 Å². The third-order valence-corrected chi connectivity index (χ3v) is 3.69. The van der Waals surface area contributed by atoms with Crippen molar-refractivity contribution in [2.24, 2.45) is 0 Å². The van der Waals surface area contributed by atoms with Gasteiger partial charge in [0.2, 0.25) is 0 Å². The Hall–Kier alpha value is -3.87. The first-order valence-electron chi connectivity index (χ1n) is 7.72. The highest BCUT2D eigenvalue weighted by molar-refractivity contribution is 6.07. The SMILES string of the molecule is Nc1ccc(N(C(=O)Nc2cc(O)c(O)c(O)c2)c2ccccc2)cc1. The zero-order valence-electron chi connectivity index (χ0n) is 13.6. The maximum atomic E-state index is 12.9. The molecule has 132 valence electrons. The summed E-state index contributed by atoms with van der Waals surface area (Å²) < 4.78 is 0. The van der Waals surface area contributed by atoms with Gasteiger partial charge in [0.05, 0.1) is 17.1 Å². The Kier molecular flexibility index (Phi) is 4.53. The lowest BCUT2D eigenvalue weighted by Gasteiger charge is -2.23. The molecule has 3 aromatic rings. The van der Waals surface area contributed by atoms with Crippen LogP contribution >= 0.6 is 0 Å². The van der Waals surface area contributed by atoms with E-state index in [9.17, 15) is 20.1 Å². The highest BCUT2D eigenvalue weighted by atomic mass is 16.3.